The van der Waals surface area contributed by atoms with Crippen LogP contribution in [-0.2, 0) is 23.7 Å². The molecule has 0 aromatic carbocycles. The largest absolute Gasteiger partial charge is 0.456 e. The number of hydrogen-bond acceptors (Lipinski definition) is 7. The minimum absolute atomic E-state index is 0.0334. The number of rotatable bonds is 7. The molecule has 2 saturated heterocycles. The van der Waals surface area contributed by atoms with E-state index in [2.05, 4.69) is 0 Å². The number of carbonyl (C=O) groups is 1. The monoisotopic (exact) mass is 410 g/mol. The van der Waals surface area contributed by atoms with Crippen LogP contribution in [0.15, 0.2) is 23.8 Å². The molecule has 0 radical (unpaired) electrons. The Bertz CT molecular complexity index is 670. The topological polar surface area (TPSA) is 97.8 Å². The molecule has 2 N–H and O–H groups in total. The Hall–Kier alpha value is -1.25. The van der Waals surface area contributed by atoms with Crippen LogP contribution in [0.4, 0.5) is 0 Å². The van der Waals surface area contributed by atoms with Crippen molar-refractivity contribution in [2.75, 3.05) is 13.7 Å². The van der Waals surface area contributed by atoms with Gasteiger partial charge in [-0.25, -0.2) is 4.79 Å². The average molecular weight is 411 g/mol. The van der Waals surface area contributed by atoms with Gasteiger partial charge in [-0.2, -0.15) is 0 Å². The van der Waals surface area contributed by atoms with Gasteiger partial charge in [0.1, 0.15) is 18.3 Å². The van der Waals surface area contributed by atoms with Gasteiger partial charge in [0, 0.05) is 13.2 Å². The molecule has 3 aliphatic rings. The SMILES string of the molecule is COC1C(OC(=O)C=CC2OC2C)CCC2(O)COC(C)(C(O)CC=C(C)C)C12. The maximum absolute atomic E-state index is 12.3. The Morgan fingerprint density at radius 3 is 2.66 bits per heavy atom. The van der Waals surface area contributed by atoms with Crippen molar-refractivity contribution in [1.29, 1.82) is 0 Å². The first-order chi connectivity index (χ1) is 13.6. The van der Waals surface area contributed by atoms with Gasteiger partial charge < -0.3 is 29.2 Å². The molecule has 3 fully saturated rings. The Morgan fingerprint density at radius 2 is 2.07 bits per heavy atom. The van der Waals surface area contributed by atoms with E-state index >= 15 is 0 Å². The lowest BCUT2D eigenvalue weighted by Crippen LogP contribution is -2.61. The fourth-order valence-corrected chi connectivity index (χ4v) is 4.69. The van der Waals surface area contributed by atoms with Gasteiger partial charge in [0.2, 0.25) is 0 Å². The van der Waals surface area contributed by atoms with E-state index in [1.807, 2.05) is 26.8 Å². The van der Waals surface area contributed by atoms with E-state index in [9.17, 15) is 15.0 Å². The van der Waals surface area contributed by atoms with E-state index in [1.54, 1.807) is 13.0 Å². The summed E-state index contributed by atoms with van der Waals surface area (Å²) >= 11 is 0. The predicted molar refractivity (Wildman–Crippen MR) is 106 cm³/mol. The first kappa shape index (κ1) is 22.4. The Morgan fingerprint density at radius 1 is 1.38 bits per heavy atom. The van der Waals surface area contributed by atoms with Crippen LogP contribution in [0.5, 0.6) is 0 Å². The van der Waals surface area contributed by atoms with Gasteiger partial charge in [0.15, 0.2) is 0 Å². The van der Waals surface area contributed by atoms with Gasteiger partial charge in [-0.1, -0.05) is 11.6 Å². The van der Waals surface area contributed by atoms with Gasteiger partial charge >= 0.3 is 5.97 Å². The highest BCUT2D eigenvalue weighted by atomic mass is 16.6. The zero-order valence-corrected chi connectivity index (χ0v) is 18.0. The summed E-state index contributed by atoms with van der Waals surface area (Å²) in [5.41, 5.74) is -1.04. The standard InChI is InChI=1S/C22H34O7/c1-13(2)6-8-17(23)21(4)20-19(26-5)16(10-11-22(20,25)12-27-21)29-18(24)9-7-15-14(3)28-15/h6-7,9,14-17,19-20,23,25H,8,10-12H2,1-5H3. The summed E-state index contributed by atoms with van der Waals surface area (Å²) in [6.45, 7) is 7.80. The number of aliphatic hydroxyl groups excluding tert-OH is 1. The van der Waals surface area contributed by atoms with E-state index in [0.717, 1.165) is 5.57 Å². The second-order valence-electron chi connectivity index (χ2n) is 8.97. The fraction of sp³-hybridized carbons (Fsp3) is 0.773. The van der Waals surface area contributed by atoms with Gasteiger partial charge in [0.25, 0.3) is 0 Å². The summed E-state index contributed by atoms with van der Waals surface area (Å²) in [7, 11) is 1.54. The van der Waals surface area contributed by atoms with E-state index in [4.69, 9.17) is 18.9 Å². The van der Waals surface area contributed by atoms with Crippen LogP contribution in [-0.4, -0.2) is 71.6 Å². The highest BCUT2D eigenvalue weighted by Gasteiger charge is 2.64. The molecule has 0 amide bonds. The van der Waals surface area contributed by atoms with Crippen molar-refractivity contribution in [3.63, 3.8) is 0 Å². The molecular weight excluding hydrogens is 376 g/mol. The summed E-state index contributed by atoms with van der Waals surface area (Å²) in [6.07, 6.45) is 4.47. The third kappa shape index (κ3) is 4.59. The minimum atomic E-state index is -1.13. The van der Waals surface area contributed by atoms with Crippen molar-refractivity contribution < 1.29 is 34.0 Å². The second-order valence-corrected chi connectivity index (χ2v) is 8.97. The number of hydrogen-bond donors (Lipinski definition) is 2. The highest BCUT2D eigenvalue weighted by Crippen LogP contribution is 2.51. The maximum atomic E-state index is 12.3. The van der Waals surface area contributed by atoms with Crippen LogP contribution in [0.3, 0.4) is 0 Å². The number of epoxide rings is 1. The second kappa shape index (κ2) is 8.47. The number of methoxy groups -OCH3 is 1. The molecule has 29 heavy (non-hydrogen) atoms. The van der Waals surface area contributed by atoms with Gasteiger partial charge in [-0.3, -0.25) is 0 Å². The van der Waals surface area contributed by atoms with E-state index in [0.29, 0.717) is 19.3 Å². The lowest BCUT2D eigenvalue weighted by Gasteiger charge is -2.48. The molecule has 1 saturated carbocycles. The molecule has 8 atom stereocenters. The van der Waals surface area contributed by atoms with Gasteiger partial charge in [0.05, 0.1) is 35.9 Å². The van der Waals surface area contributed by atoms with Crippen molar-refractivity contribution in [2.45, 2.75) is 88.7 Å². The Labute approximate surface area is 172 Å². The zero-order chi connectivity index (χ0) is 21.4. The van der Waals surface area contributed by atoms with Crippen LogP contribution in [0.2, 0.25) is 0 Å². The molecule has 164 valence electrons. The molecule has 0 spiro atoms. The molecule has 0 aromatic rings. The summed E-state index contributed by atoms with van der Waals surface area (Å²) in [4.78, 5) is 12.3. The third-order valence-electron chi connectivity index (χ3n) is 6.52. The number of allylic oxidation sites excluding steroid dienone is 1. The highest BCUT2D eigenvalue weighted by molar-refractivity contribution is 5.82. The molecule has 8 unspecified atom stereocenters. The molecule has 1 aliphatic carbocycles. The summed E-state index contributed by atoms with van der Waals surface area (Å²) in [5.74, 6) is -0.987. The summed E-state index contributed by atoms with van der Waals surface area (Å²) in [6, 6.07) is 0. The molecule has 7 nitrogen and oxygen atoms in total. The third-order valence-corrected chi connectivity index (χ3v) is 6.52. The average Bonchev–Trinajstić information content (AvgIpc) is 3.31. The molecule has 2 heterocycles. The number of fused-ring (bicyclic) bond motifs is 1. The Kier molecular flexibility index (Phi) is 6.56. The maximum Gasteiger partial charge on any atom is 0.330 e. The quantitative estimate of drug-likeness (QED) is 0.286. The van der Waals surface area contributed by atoms with Gasteiger partial charge in [-0.15, -0.1) is 0 Å². The molecule has 2 aliphatic heterocycles. The van der Waals surface area contributed by atoms with Crippen molar-refractivity contribution >= 4 is 5.97 Å². The lowest BCUT2D eigenvalue weighted by atomic mass is 9.65. The molecular formula is C22H34O7. The number of aliphatic hydroxyl groups is 2. The minimum Gasteiger partial charge on any atom is -0.456 e. The van der Waals surface area contributed by atoms with E-state index in [1.165, 1.54) is 13.2 Å². The van der Waals surface area contributed by atoms with Crippen LogP contribution >= 0.6 is 0 Å². The van der Waals surface area contributed by atoms with Gasteiger partial charge in [-0.05, 0) is 53.0 Å². The van der Waals surface area contributed by atoms with Crippen LogP contribution < -0.4 is 0 Å². The molecule has 3 rings (SSSR count). The van der Waals surface area contributed by atoms with Crippen molar-refractivity contribution in [2.24, 2.45) is 5.92 Å². The Balaban J connectivity index is 1.75. The molecule has 7 heteroatoms. The molecule has 0 aromatic heterocycles. The predicted octanol–water partition coefficient (Wildman–Crippen LogP) is 1.90. The summed E-state index contributed by atoms with van der Waals surface area (Å²) in [5, 5.41) is 22.1. The van der Waals surface area contributed by atoms with E-state index in [-0.39, 0.29) is 18.8 Å². The van der Waals surface area contributed by atoms with E-state index < -0.39 is 41.4 Å². The van der Waals surface area contributed by atoms with Crippen molar-refractivity contribution in [3.8, 4) is 0 Å². The zero-order valence-electron chi connectivity index (χ0n) is 18.0. The fourth-order valence-electron chi connectivity index (χ4n) is 4.69. The van der Waals surface area contributed by atoms with Crippen LogP contribution in [0, 0.1) is 5.92 Å². The number of esters is 1. The molecule has 0 bridgehead atoms. The first-order valence-electron chi connectivity index (χ1n) is 10.4. The lowest BCUT2D eigenvalue weighted by molar-refractivity contribution is -0.194. The summed E-state index contributed by atoms with van der Waals surface area (Å²) < 4.78 is 22.6. The number of ether oxygens (including phenoxy) is 4. The van der Waals surface area contributed by atoms with Crippen LogP contribution in [0.25, 0.3) is 0 Å². The van der Waals surface area contributed by atoms with Crippen molar-refractivity contribution in [3.05, 3.63) is 23.8 Å². The number of carbonyl (C=O) groups excluding carboxylic acids is 1. The first-order valence-corrected chi connectivity index (χ1v) is 10.4. The smallest absolute Gasteiger partial charge is 0.330 e. The van der Waals surface area contributed by atoms with Crippen molar-refractivity contribution in [1.82, 2.24) is 0 Å². The normalized spacial score (nSPS) is 42.4. The van der Waals surface area contributed by atoms with Crippen LogP contribution in [0.1, 0.15) is 47.0 Å².